The molecular weight excluding hydrogens is 248 g/mol. The van der Waals surface area contributed by atoms with Gasteiger partial charge in [0, 0.05) is 20.1 Å². The van der Waals surface area contributed by atoms with Gasteiger partial charge in [-0.25, -0.2) is 0 Å². The van der Waals surface area contributed by atoms with Gasteiger partial charge < -0.3 is 15.8 Å². The summed E-state index contributed by atoms with van der Waals surface area (Å²) >= 11 is 5.15. The second kappa shape index (κ2) is 7.04. The highest BCUT2D eigenvalue weighted by Gasteiger charge is 2.36. The van der Waals surface area contributed by atoms with E-state index in [9.17, 15) is 4.79 Å². The topological polar surface area (TPSA) is 64.3 Å². The molecule has 1 aliphatic rings. The number of hydrogen-bond donors (Lipinski definition) is 2. The number of carbonyl (C=O) groups excluding carboxylic acids is 1. The van der Waals surface area contributed by atoms with Gasteiger partial charge in [0.1, 0.15) is 0 Å². The Balaban J connectivity index is 2.55. The summed E-state index contributed by atoms with van der Waals surface area (Å²) in [4.78, 5) is 12.5. The number of hydrogen-bond acceptors (Lipinski definition) is 3. The average Bonchev–Trinajstić information content (AvgIpc) is 2.29. The summed E-state index contributed by atoms with van der Waals surface area (Å²) < 4.78 is 5.04. The number of nitrogens with two attached hydrogens (primary N) is 1. The van der Waals surface area contributed by atoms with Crippen molar-refractivity contribution < 1.29 is 9.53 Å². The Hall–Kier alpha value is -0.680. The highest BCUT2D eigenvalue weighted by Crippen LogP contribution is 2.28. The van der Waals surface area contributed by atoms with Crippen LogP contribution in [0.4, 0.5) is 0 Å². The van der Waals surface area contributed by atoms with Gasteiger partial charge in [-0.3, -0.25) is 4.79 Å². The molecular formula is C13H24N2O2S. The van der Waals surface area contributed by atoms with Crippen molar-refractivity contribution in [2.24, 2.45) is 11.7 Å². The number of methoxy groups -OCH3 is 1. The molecule has 0 bridgehead atoms. The Labute approximate surface area is 115 Å². The van der Waals surface area contributed by atoms with Crippen LogP contribution >= 0.6 is 12.2 Å². The minimum absolute atomic E-state index is 0.0225. The van der Waals surface area contributed by atoms with Crippen LogP contribution in [-0.4, -0.2) is 30.2 Å². The molecule has 1 saturated carbocycles. The summed E-state index contributed by atoms with van der Waals surface area (Å²) in [5.41, 5.74) is 5.39. The Morgan fingerprint density at radius 2 is 2.06 bits per heavy atom. The Bertz CT molecular complexity index is 301. The standard InChI is InChI=1S/C13H24N2O2S/c1-10(9-17-2)8-11(16)15-13(12(14)18)6-4-3-5-7-13/h10H,3-9H2,1-2H3,(H2,14,18)(H,15,16). The lowest BCUT2D eigenvalue weighted by Gasteiger charge is -2.37. The summed E-state index contributed by atoms with van der Waals surface area (Å²) in [6.07, 6.45) is 5.54. The van der Waals surface area contributed by atoms with Crippen molar-refractivity contribution in [3.05, 3.63) is 0 Å². The van der Waals surface area contributed by atoms with E-state index in [1.807, 2.05) is 6.92 Å². The van der Waals surface area contributed by atoms with Gasteiger partial charge in [0.2, 0.25) is 5.91 Å². The molecule has 0 aliphatic heterocycles. The quantitative estimate of drug-likeness (QED) is 0.723. The summed E-state index contributed by atoms with van der Waals surface area (Å²) in [6, 6.07) is 0. The second-order valence-corrected chi connectivity index (χ2v) is 5.76. The number of rotatable bonds is 6. The minimum Gasteiger partial charge on any atom is -0.391 e. The molecule has 104 valence electrons. The first-order chi connectivity index (χ1) is 8.50. The van der Waals surface area contributed by atoms with Crippen molar-refractivity contribution in [2.75, 3.05) is 13.7 Å². The molecule has 0 aromatic heterocycles. The number of thiocarbonyl (C=S) groups is 1. The maximum absolute atomic E-state index is 12.0. The van der Waals surface area contributed by atoms with Crippen LogP contribution in [0.5, 0.6) is 0 Å². The number of ether oxygens (including phenoxy) is 1. The molecule has 3 N–H and O–H groups in total. The van der Waals surface area contributed by atoms with Crippen LogP contribution in [0.3, 0.4) is 0 Å². The molecule has 1 fully saturated rings. The van der Waals surface area contributed by atoms with Crippen molar-refractivity contribution >= 4 is 23.1 Å². The smallest absolute Gasteiger partial charge is 0.221 e. The van der Waals surface area contributed by atoms with Crippen LogP contribution in [0.25, 0.3) is 0 Å². The molecule has 1 unspecified atom stereocenters. The fourth-order valence-corrected chi connectivity index (χ4v) is 2.82. The van der Waals surface area contributed by atoms with Gasteiger partial charge in [-0.1, -0.05) is 38.4 Å². The molecule has 5 heteroatoms. The molecule has 1 aliphatic carbocycles. The molecule has 1 rings (SSSR count). The van der Waals surface area contributed by atoms with Crippen molar-refractivity contribution in [2.45, 2.75) is 51.0 Å². The Morgan fingerprint density at radius 3 is 2.56 bits per heavy atom. The van der Waals surface area contributed by atoms with Crippen molar-refractivity contribution in [1.29, 1.82) is 0 Å². The van der Waals surface area contributed by atoms with E-state index in [4.69, 9.17) is 22.7 Å². The number of carbonyl (C=O) groups is 1. The highest BCUT2D eigenvalue weighted by molar-refractivity contribution is 7.80. The van der Waals surface area contributed by atoms with E-state index < -0.39 is 5.54 Å². The number of amides is 1. The van der Waals surface area contributed by atoms with Crippen molar-refractivity contribution in [3.63, 3.8) is 0 Å². The van der Waals surface area contributed by atoms with Crippen molar-refractivity contribution in [1.82, 2.24) is 5.32 Å². The first-order valence-corrected chi connectivity index (χ1v) is 7.01. The van der Waals surface area contributed by atoms with Gasteiger partial charge in [-0.05, 0) is 18.8 Å². The summed E-state index contributed by atoms with van der Waals surface area (Å²) in [5, 5.41) is 3.06. The maximum atomic E-state index is 12.0. The van der Waals surface area contributed by atoms with E-state index >= 15 is 0 Å². The number of nitrogens with one attached hydrogen (secondary N) is 1. The molecule has 0 heterocycles. The van der Waals surface area contributed by atoms with Crippen LogP contribution in [-0.2, 0) is 9.53 Å². The van der Waals surface area contributed by atoms with E-state index in [1.165, 1.54) is 6.42 Å². The minimum atomic E-state index is -0.447. The van der Waals surface area contributed by atoms with E-state index in [2.05, 4.69) is 5.32 Å². The first kappa shape index (κ1) is 15.4. The molecule has 0 aromatic carbocycles. The summed E-state index contributed by atoms with van der Waals surface area (Å²) in [7, 11) is 1.64. The zero-order valence-corrected chi connectivity index (χ0v) is 12.1. The molecule has 1 amide bonds. The lowest BCUT2D eigenvalue weighted by molar-refractivity contribution is -0.123. The average molecular weight is 272 g/mol. The van der Waals surface area contributed by atoms with Crippen LogP contribution < -0.4 is 11.1 Å². The molecule has 1 atom stereocenters. The second-order valence-electron chi connectivity index (χ2n) is 5.32. The van der Waals surface area contributed by atoms with E-state index in [0.29, 0.717) is 18.0 Å². The van der Waals surface area contributed by atoms with E-state index in [0.717, 1.165) is 25.7 Å². The monoisotopic (exact) mass is 272 g/mol. The zero-order valence-electron chi connectivity index (χ0n) is 11.3. The Morgan fingerprint density at radius 1 is 1.44 bits per heavy atom. The van der Waals surface area contributed by atoms with E-state index in [1.54, 1.807) is 7.11 Å². The van der Waals surface area contributed by atoms with E-state index in [-0.39, 0.29) is 11.8 Å². The van der Waals surface area contributed by atoms with Crippen LogP contribution in [0, 0.1) is 5.92 Å². The zero-order chi connectivity index (χ0) is 13.6. The van der Waals surface area contributed by atoms with Gasteiger partial charge in [-0.2, -0.15) is 0 Å². The normalized spacial score (nSPS) is 20.1. The fraction of sp³-hybridized carbons (Fsp3) is 0.846. The lowest BCUT2D eigenvalue weighted by atomic mass is 9.81. The van der Waals surface area contributed by atoms with Crippen molar-refractivity contribution in [3.8, 4) is 0 Å². The molecule has 0 saturated heterocycles. The maximum Gasteiger partial charge on any atom is 0.221 e. The van der Waals surface area contributed by atoms with Gasteiger partial charge in [0.05, 0.1) is 10.5 Å². The summed E-state index contributed by atoms with van der Waals surface area (Å²) in [5.74, 6) is 0.233. The molecule has 4 nitrogen and oxygen atoms in total. The third-order valence-electron chi connectivity index (χ3n) is 3.54. The lowest BCUT2D eigenvalue weighted by Crippen LogP contribution is -2.57. The van der Waals surface area contributed by atoms with Gasteiger partial charge in [0.25, 0.3) is 0 Å². The van der Waals surface area contributed by atoms with Crippen LogP contribution in [0.15, 0.2) is 0 Å². The fourth-order valence-electron chi connectivity index (χ4n) is 2.57. The SMILES string of the molecule is COCC(C)CC(=O)NC1(C(N)=S)CCCCC1. The largest absolute Gasteiger partial charge is 0.391 e. The van der Waals surface area contributed by atoms with Gasteiger partial charge >= 0.3 is 0 Å². The predicted molar refractivity (Wildman–Crippen MR) is 76.4 cm³/mol. The highest BCUT2D eigenvalue weighted by atomic mass is 32.1. The molecule has 0 spiro atoms. The third-order valence-corrected chi connectivity index (χ3v) is 3.93. The molecule has 0 aromatic rings. The first-order valence-electron chi connectivity index (χ1n) is 6.60. The third kappa shape index (κ3) is 4.21. The summed E-state index contributed by atoms with van der Waals surface area (Å²) in [6.45, 7) is 2.59. The van der Waals surface area contributed by atoms with Crippen LogP contribution in [0.1, 0.15) is 45.4 Å². The van der Waals surface area contributed by atoms with Gasteiger partial charge in [0.15, 0.2) is 0 Å². The molecule has 0 radical (unpaired) electrons. The molecule has 18 heavy (non-hydrogen) atoms. The van der Waals surface area contributed by atoms with Crippen LogP contribution in [0.2, 0.25) is 0 Å². The Kier molecular flexibility index (Phi) is 6.02. The predicted octanol–water partition coefficient (Wildman–Crippen LogP) is 1.76. The van der Waals surface area contributed by atoms with Gasteiger partial charge in [-0.15, -0.1) is 0 Å².